The molecule has 5 nitrogen and oxygen atoms in total. The first kappa shape index (κ1) is 15.5. The molecule has 1 heterocycles. The van der Waals surface area contributed by atoms with E-state index in [1.807, 2.05) is 13.0 Å². The molecule has 0 spiro atoms. The van der Waals surface area contributed by atoms with Gasteiger partial charge >= 0.3 is 0 Å². The van der Waals surface area contributed by atoms with Crippen LogP contribution in [0.3, 0.4) is 0 Å². The summed E-state index contributed by atoms with van der Waals surface area (Å²) in [6.07, 6.45) is 0. The molecule has 2 aromatic rings. The Morgan fingerprint density at radius 3 is 2.52 bits per heavy atom. The molecule has 7 heteroatoms. The maximum atomic E-state index is 12.1. The molecule has 0 saturated carbocycles. The van der Waals surface area contributed by atoms with Crippen LogP contribution in [0, 0.1) is 6.92 Å². The van der Waals surface area contributed by atoms with Crippen molar-refractivity contribution in [3.05, 3.63) is 44.6 Å². The van der Waals surface area contributed by atoms with Crippen LogP contribution in [0.5, 0.6) is 5.75 Å². The average Bonchev–Trinajstić information content (AvgIpc) is 2.78. The summed E-state index contributed by atoms with van der Waals surface area (Å²) < 4.78 is 6.09. The summed E-state index contributed by atoms with van der Waals surface area (Å²) in [6.45, 7) is 1.76. The summed E-state index contributed by atoms with van der Waals surface area (Å²) in [4.78, 5) is 23.3. The van der Waals surface area contributed by atoms with Gasteiger partial charge in [-0.1, -0.05) is 0 Å². The van der Waals surface area contributed by atoms with E-state index in [1.165, 1.54) is 11.3 Å². The number of carbonyl (C=O) groups excluding carboxylic acids is 2. The summed E-state index contributed by atoms with van der Waals surface area (Å²) in [7, 11) is 0. The fraction of sp³-hybridized carbons (Fsp3) is 0.143. The number of rotatable bonds is 5. The van der Waals surface area contributed by atoms with E-state index in [4.69, 9.17) is 10.5 Å². The Bertz CT molecular complexity index is 648. The van der Waals surface area contributed by atoms with Gasteiger partial charge in [-0.25, -0.2) is 0 Å². The highest BCUT2D eigenvalue weighted by atomic mass is 79.9. The number of ether oxygens (including phenoxy) is 1. The minimum Gasteiger partial charge on any atom is -0.484 e. The van der Waals surface area contributed by atoms with Gasteiger partial charge in [0.25, 0.3) is 11.8 Å². The lowest BCUT2D eigenvalue weighted by molar-refractivity contribution is -0.119. The summed E-state index contributed by atoms with van der Waals surface area (Å²) >= 11 is 4.78. The second-order valence-electron chi connectivity index (χ2n) is 4.30. The van der Waals surface area contributed by atoms with Crippen LogP contribution in [-0.2, 0) is 4.79 Å². The fourth-order valence-corrected chi connectivity index (χ4v) is 2.98. The number of hydrogen-bond donors (Lipinski definition) is 2. The van der Waals surface area contributed by atoms with E-state index >= 15 is 0 Å². The predicted octanol–water partition coefficient (Wildman–Crippen LogP) is 2.94. The van der Waals surface area contributed by atoms with Crippen molar-refractivity contribution in [3.63, 3.8) is 0 Å². The number of benzene rings is 1. The van der Waals surface area contributed by atoms with Crippen molar-refractivity contribution in [2.45, 2.75) is 6.92 Å². The highest BCUT2D eigenvalue weighted by Gasteiger charge is 2.11. The highest BCUT2D eigenvalue weighted by molar-refractivity contribution is 9.11. The monoisotopic (exact) mass is 368 g/mol. The van der Waals surface area contributed by atoms with E-state index in [0.717, 1.165) is 9.35 Å². The Hall–Kier alpha value is -1.86. The van der Waals surface area contributed by atoms with Gasteiger partial charge < -0.3 is 15.8 Å². The molecule has 3 N–H and O–H groups in total. The van der Waals surface area contributed by atoms with Gasteiger partial charge in [0.05, 0.1) is 8.66 Å². The lowest BCUT2D eigenvalue weighted by atomic mass is 10.3. The normalized spacial score (nSPS) is 10.2. The number of halogens is 1. The molecule has 1 aromatic carbocycles. The topological polar surface area (TPSA) is 81.4 Å². The third kappa shape index (κ3) is 4.30. The molecule has 0 aliphatic carbocycles. The van der Waals surface area contributed by atoms with Crippen molar-refractivity contribution in [2.75, 3.05) is 11.9 Å². The van der Waals surface area contributed by atoms with Crippen LogP contribution in [-0.4, -0.2) is 18.4 Å². The van der Waals surface area contributed by atoms with Gasteiger partial charge in [0.1, 0.15) is 5.75 Å². The highest BCUT2D eigenvalue weighted by Crippen LogP contribution is 2.28. The summed E-state index contributed by atoms with van der Waals surface area (Å²) in [5.41, 5.74) is 6.67. The van der Waals surface area contributed by atoms with E-state index in [0.29, 0.717) is 16.3 Å². The first-order valence-electron chi connectivity index (χ1n) is 6.04. The van der Waals surface area contributed by atoms with Crippen molar-refractivity contribution in [2.24, 2.45) is 5.73 Å². The van der Waals surface area contributed by atoms with Crippen LogP contribution in [0.1, 0.15) is 15.2 Å². The predicted molar refractivity (Wildman–Crippen MR) is 85.8 cm³/mol. The number of nitrogens with one attached hydrogen (secondary N) is 1. The number of thiophene rings is 1. The molecule has 0 atom stereocenters. The Morgan fingerprint density at radius 2 is 2.00 bits per heavy atom. The first-order valence-corrected chi connectivity index (χ1v) is 7.65. The minimum atomic E-state index is -0.536. The number of anilines is 1. The van der Waals surface area contributed by atoms with E-state index in [9.17, 15) is 9.59 Å². The van der Waals surface area contributed by atoms with Gasteiger partial charge in [-0.15, -0.1) is 11.3 Å². The molecule has 0 unspecified atom stereocenters. The van der Waals surface area contributed by atoms with Crippen molar-refractivity contribution >= 4 is 44.8 Å². The Balaban J connectivity index is 1.99. The zero-order chi connectivity index (χ0) is 15.4. The van der Waals surface area contributed by atoms with Gasteiger partial charge in [-0.05, 0) is 58.7 Å². The van der Waals surface area contributed by atoms with Gasteiger partial charge in [-0.3, -0.25) is 9.59 Å². The van der Waals surface area contributed by atoms with Crippen LogP contribution in [0.4, 0.5) is 5.69 Å². The molecule has 0 saturated heterocycles. The molecule has 2 amide bonds. The van der Waals surface area contributed by atoms with Gasteiger partial charge in [-0.2, -0.15) is 0 Å². The van der Waals surface area contributed by atoms with Gasteiger partial charge in [0, 0.05) is 5.69 Å². The third-order valence-corrected chi connectivity index (χ3v) is 4.71. The summed E-state index contributed by atoms with van der Waals surface area (Å²) in [5.74, 6) is -0.188. The SMILES string of the molecule is Cc1cc(C(=O)Nc2ccc(OCC(N)=O)cc2)sc1Br. The Kier molecular flexibility index (Phi) is 4.98. The molecular weight excluding hydrogens is 356 g/mol. The van der Waals surface area contributed by atoms with Crippen LogP contribution in [0.25, 0.3) is 0 Å². The zero-order valence-electron chi connectivity index (χ0n) is 11.2. The molecular formula is C14H13BrN2O3S. The summed E-state index contributed by atoms with van der Waals surface area (Å²) in [6, 6.07) is 8.55. The van der Waals surface area contributed by atoms with E-state index < -0.39 is 5.91 Å². The number of nitrogens with two attached hydrogens (primary N) is 1. The zero-order valence-corrected chi connectivity index (χ0v) is 13.6. The molecule has 110 valence electrons. The lowest BCUT2D eigenvalue weighted by Crippen LogP contribution is -2.20. The van der Waals surface area contributed by atoms with Crippen molar-refractivity contribution in [1.82, 2.24) is 0 Å². The number of aryl methyl sites for hydroxylation is 1. The molecule has 0 aliphatic rings. The van der Waals surface area contributed by atoms with E-state index in [2.05, 4.69) is 21.2 Å². The maximum absolute atomic E-state index is 12.1. The molecule has 0 bridgehead atoms. The van der Waals surface area contributed by atoms with Crippen LogP contribution in [0.15, 0.2) is 34.1 Å². The quantitative estimate of drug-likeness (QED) is 0.850. The molecule has 21 heavy (non-hydrogen) atoms. The third-order valence-electron chi connectivity index (χ3n) is 2.57. The molecule has 0 aliphatic heterocycles. The summed E-state index contributed by atoms with van der Waals surface area (Å²) in [5, 5.41) is 2.79. The van der Waals surface area contributed by atoms with Crippen molar-refractivity contribution in [3.8, 4) is 5.75 Å². The second kappa shape index (κ2) is 6.73. The smallest absolute Gasteiger partial charge is 0.265 e. The number of carbonyl (C=O) groups is 2. The average molecular weight is 369 g/mol. The van der Waals surface area contributed by atoms with Gasteiger partial charge in [0.15, 0.2) is 6.61 Å². The van der Waals surface area contributed by atoms with Crippen LogP contribution < -0.4 is 15.8 Å². The van der Waals surface area contributed by atoms with Crippen LogP contribution in [0.2, 0.25) is 0 Å². The molecule has 2 rings (SSSR count). The minimum absolute atomic E-state index is 0.167. The fourth-order valence-electron chi connectivity index (χ4n) is 1.55. The lowest BCUT2D eigenvalue weighted by Gasteiger charge is -2.06. The van der Waals surface area contributed by atoms with Gasteiger partial charge in [0.2, 0.25) is 0 Å². The van der Waals surface area contributed by atoms with Crippen molar-refractivity contribution < 1.29 is 14.3 Å². The van der Waals surface area contributed by atoms with Crippen LogP contribution >= 0.6 is 27.3 Å². The number of hydrogen-bond acceptors (Lipinski definition) is 4. The standard InChI is InChI=1S/C14H13BrN2O3S/c1-8-6-11(21-13(8)15)14(19)17-9-2-4-10(5-3-9)20-7-12(16)18/h2-6H,7H2,1H3,(H2,16,18)(H,17,19). The first-order chi connectivity index (χ1) is 9.95. The number of amides is 2. The molecule has 0 fully saturated rings. The Morgan fingerprint density at radius 1 is 1.33 bits per heavy atom. The Labute approximate surface area is 134 Å². The molecule has 0 radical (unpaired) electrons. The van der Waals surface area contributed by atoms with E-state index in [-0.39, 0.29) is 12.5 Å². The number of primary amides is 1. The van der Waals surface area contributed by atoms with E-state index in [1.54, 1.807) is 24.3 Å². The van der Waals surface area contributed by atoms with Crippen molar-refractivity contribution in [1.29, 1.82) is 0 Å². The molecule has 1 aromatic heterocycles. The largest absolute Gasteiger partial charge is 0.484 e. The maximum Gasteiger partial charge on any atom is 0.265 e. The second-order valence-corrected chi connectivity index (χ2v) is 6.67.